The summed E-state index contributed by atoms with van der Waals surface area (Å²) in [7, 11) is -4.50. The third-order valence-corrected chi connectivity index (χ3v) is 5.44. The Morgan fingerprint density at radius 1 is 1.21 bits per heavy atom. The smallest absolute Gasteiger partial charge is 0.261 e. The molecule has 0 saturated carbocycles. The normalized spacial score (nSPS) is 12.4. The second-order valence-corrected chi connectivity index (χ2v) is 8.00. The maximum atomic E-state index is 14.4. The van der Waals surface area contributed by atoms with E-state index in [1.54, 1.807) is 0 Å². The van der Waals surface area contributed by atoms with Gasteiger partial charge in [-0.3, -0.25) is 10.0 Å². The summed E-state index contributed by atoms with van der Waals surface area (Å²) in [5, 5.41) is 9.13. The van der Waals surface area contributed by atoms with E-state index in [9.17, 15) is 22.0 Å². The Labute approximate surface area is 170 Å². The number of hydroxylamine groups is 1. The second-order valence-electron chi connectivity index (χ2n) is 5.85. The fraction of sp³-hybridized carbons (Fsp3) is 0.235. The minimum Gasteiger partial charge on any atom is -0.451 e. The Kier molecular flexibility index (Phi) is 7.88. The molecule has 8 nitrogen and oxygen atoms in total. The Balaban J connectivity index is 2.29. The van der Waals surface area contributed by atoms with Crippen LogP contribution in [-0.2, 0) is 14.8 Å². The maximum absolute atomic E-state index is 14.4. The molecule has 2 aromatic carbocycles. The quantitative estimate of drug-likeness (QED) is 0.343. The highest BCUT2D eigenvalue weighted by atomic mass is 35.5. The summed E-state index contributed by atoms with van der Waals surface area (Å²) >= 11 is 5.73. The van der Waals surface area contributed by atoms with Gasteiger partial charge < -0.3 is 10.5 Å². The number of nitrogens with two attached hydrogens (primary N) is 1. The first kappa shape index (κ1) is 23.0. The van der Waals surface area contributed by atoms with Crippen molar-refractivity contribution in [2.24, 2.45) is 5.73 Å². The molecule has 0 bridgehead atoms. The lowest BCUT2D eigenvalue weighted by Crippen LogP contribution is -2.46. The molecular formula is C17H18ClF2N3O5S. The molecule has 2 rings (SSSR count). The molecule has 1 amide bonds. The molecule has 0 radical (unpaired) electrons. The molecular weight excluding hydrogens is 432 g/mol. The van der Waals surface area contributed by atoms with Crippen LogP contribution in [0.4, 0.5) is 8.78 Å². The maximum Gasteiger partial charge on any atom is 0.261 e. The SMILES string of the molecule is NCCC[C@@H](NS(=O)(=O)c1cc(F)c(Oc2ccc(Cl)cc2)c(F)c1)C(=O)NO. The highest BCUT2D eigenvalue weighted by Crippen LogP contribution is 2.30. The lowest BCUT2D eigenvalue weighted by Gasteiger charge is -2.17. The number of carbonyl (C=O) groups is 1. The lowest BCUT2D eigenvalue weighted by molar-refractivity contribution is -0.131. The van der Waals surface area contributed by atoms with Crippen molar-refractivity contribution >= 4 is 27.5 Å². The van der Waals surface area contributed by atoms with Crippen molar-refractivity contribution in [3.8, 4) is 11.5 Å². The molecule has 0 aliphatic heterocycles. The van der Waals surface area contributed by atoms with Gasteiger partial charge >= 0.3 is 0 Å². The van der Waals surface area contributed by atoms with E-state index in [1.165, 1.54) is 29.7 Å². The van der Waals surface area contributed by atoms with E-state index in [0.29, 0.717) is 17.2 Å². The second kappa shape index (κ2) is 9.94. The van der Waals surface area contributed by atoms with Crippen LogP contribution < -0.4 is 20.7 Å². The molecule has 1 atom stereocenters. The molecule has 0 fully saturated rings. The van der Waals surface area contributed by atoms with Gasteiger partial charge in [0, 0.05) is 5.02 Å². The van der Waals surface area contributed by atoms with Crippen LogP contribution in [0.15, 0.2) is 41.3 Å². The van der Waals surface area contributed by atoms with E-state index >= 15 is 0 Å². The van der Waals surface area contributed by atoms with Crippen molar-refractivity contribution < 1.29 is 31.9 Å². The molecule has 0 saturated heterocycles. The highest BCUT2D eigenvalue weighted by Gasteiger charge is 2.27. The number of amides is 1. The van der Waals surface area contributed by atoms with Crippen LogP contribution in [0.5, 0.6) is 11.5 Å². The summed E-state index contributed by atoms with van der Waals surface area (Å²) in [6, 6.07) is 5.36. The molecule has 0 spiro atoms. The molecule has 0 aromatic heterocycles. The van der Waals surface area contributed by atoms with Gasteiger partial charge in [0.05, 0.1) is 4.90 Å². The Morgan fingerprint density at radius 3 is 2.31 bits per heavy atom. The highest BCUT2D eigenvalue weighted by molar-refractivity contribution is 7.89. The Hall–Kier alpha value is -2.31. The number of hydrogen-bond donors (Lipinski definition) is 4. The van der Waals surface area contributed by atoms with Gasteiger partial charge in [-0.15, -0.1) is 0 Å². The average Bonchev–Trinajstić information content (AvgIpc) is 2.68. The van der Waals surface area contributed by atoms with Crippen molar-refractivity contribution in [3.05, 3.63) is 53.1 Å². The number of benzene rings is 2. The van der Waals surface area contributed by atoms with Crippen LogP contribution in [0.25, 0.3) is 0 Å². The van der Waals surface area contributed by atoms with Crippen molar-refractivity contribution in [3.63, 3.8) is 0 Å². The van der Waals surface area contributed by atoms with Crippen molar-refractivity contribution in [2.75, 3.05) is 6.54 Å². The van der Waals surface area contributed by atoms with E-state index in [4.69, 9.17) is 27.3 Å². The zero-order chi connectivity index (χ0) is 21.6. The zero-order valence-electron chi connectivity index (χ0n) is 14.9. The number of halogens is 3. The minimum absolute atomic E-state index is 0.0369. The standard InChI is InChI=1S/C17H18ClF2N3O5S/c18-10-3-5-11(6-4-10)28-16-13(19)8-12(9-14(16)20)29(26,27)23-15(2-1-7-21)17(24)22-25/h3-6,8-9,15,23,25H,1-2,7,21H2,(H,22,24)/t15-/m1/s1. The fourth-order valence-corrected chi connectivity index (χ4v) is 3.69. The van der Waals surface area contributed by atoms with Crippen LogP contribution in [0.2, 0.25) is 5.02 Å². The number of sulfonamides is 1. The summed E-state index contributed by atoms with van der Waals surface area (Å²) in [5.74, 6) is -4.30. The van der Waals surface area contributed by atoms with Crippen LogP contribution in [-0.4, -0.2) is 32.1 Å². The first-order valence-corrected chi connectivity index (χ1v) is 10.1. The Bertz CT molecular complexity index is 951. The predicted octanol–water partition coefficient (Wildman–Crippen LogP) is 2.30. The van der Waals surface area contributed by atoms with Gasteiger partial charge in [0.1, 0.15) is 11.8 Å². The Morgan fingerprint density at radius 2 is 1.79 bits per heavy atom. The number of nitrogens with one attached hydrogen (secondary N) is 2. The monoisotopic (exact) mass is 449 g/mol. The number of rotatable bonds is 9. The first-order chi connectivity index (χ1) is 13.7. The number of carbonyl (C=O) groups excluding carboxylic acids is 1. The van der Waals surface area contributed by atoms with Gasteiger partial charge in [0.15, 0.2) is 17.4 Å². The third-order valence-electron chi connectivity index (χ3n) is 3.74. The molecule has 158 valence electrons. The summed E-state index contributed by atoms with van der Waals surface area (Å²) in [6.45, 7) is 0.164. The van der Waals surface area contributed by atoms with Crippen LogP contribution >= 0.6 is 11.6 Å². The zero-order valence-corrected chi connectivity index (χ0v) is 16.4. The largest absolute Gasteiger partial charge is 0.451 e. The van der Waals surface area contributed by atoms with E-state index in [-0.39, 0.29) is 25.1 Å². The van der Waals surface area contributed by atoms with Gasteiger partial charge in [0.25, 0.3) is 5.91 Å². The average molecular weight is 450 g/mol. The van der Waals surface area contributed by atoms with E-state index in [0.717, 1.165) is 0 Å². The molecule has 5 N–H and O–H groups in total. The van der Waals surface area contributed by atoms with Crippen LogP contribution in [0.3, 0.4) is 0 Å². The van der Waals surface area contributed by atoms with Crippen molar-refractivity contribution in [1.82, 2.24) is 10.2 Å². The number of hydrogen-bond acceptors (Lipinski definition) is 6. The molecule has 0 heterocycles. The number of ether oxygens (including phenoxy) is 1. The summed E-state index contributed by atoms with van der Waals surface area (Å²) in [6.07, 6.45) is 0.224. The fourth-order valence-electron chi connectivity index (χ4n) is 2.31. The molecule has 0 aliphatic rings. The third kappa shape index (κ3) is 6.08. The summed E-state index contributed by atoms with van der Waals surface area (Å²) < 4.78 is 60.7. The lowest BCUT2D eigenvalue weighted by atomic mass is 10.1. The van der Waals surface area contributed by atoms with Crippen LogP contribution in [0.1, 0.15) is 12.8 Å². The van der Waals surface area contributed by atoms with Crippen LogP contribution in [0, 0.1) is 11.6 Å². The summed E-state index contributed by atoms with van der Waals surface area (Å²) in [4.78, 5) is 10.9. The summed E-state index contributed by atoms with van der Waals surface area (Å²) in [5.41, 5.74) is 6.66. The van der Waals surface area contributed by atoms with E-state index < -0.39 is 44.3 Å². The van der Waals surface area contributed by atoms with Gasteiger partial charge in [0.2, 0.25) is 10.0 Å². The predicted molar refractivity (Wildman–Crippen MR) is 100 cm³/mol. The molecule has 0 unspecified atom stereocenters. The van der Waals surface area contributed by atoms with E-state index in [1.807, 2.05) is 4.72 Å². The van der Waals surface area contributed by atoms with Gasteiger partial charge in [-0.1, -0.05) is 11.6 Å². The molecule has 0 aliphatic carbocycles. The van der Waals surface area contributed by atoms with Crippen molar-refractivity contribution in [2.45, 2.75) is 23.8 Å². The van der Waals surface area contributed by atoms with E-state index in [2.05, 4.69) is 0 Å². The van der Waals surface area contributed by atoms with Crippen molar-refractivity contribution in [1.29, 1.82) is 0 Å². The van der Waals surface area contributed by atoms with Gasteiger partial charge in [-0.2, -0.15) is 4.72 Å². The molecule has 12 heteroatoms. The molecule has 2 aromatic rings. The van der Waals surface area contributed by atoms with Gasteiger partial charge in [-0.05, 0) is 55.8 Å². The molecule has 29 heavy (non-hydrogen) atoms. The first-order valence-electron chi connectivity index (χ1n) is 8.26. The van der Waals surface area contributed by atoms with Gasteiger partial charge in [-0.25, -0.2) is 22.7 Å². The minimum atomic E-state index is -4.50. The topological polar surface area (TPSA) is 131 Å².